The summed E-state index contributed by atoms with van der Waals surface area (Å²) in [6.07, 6.45) is 2.11. The van der Waals surface area contributed by atoms with Crippen LogP contribution in [0.2, 0.25) is 0 Å². The number of nitrogens with zero attached hydrogens (tertiary/aromatic N) is 4. The van der Waals surface area contributed by atoms with Gasteiger partial charge in [0, 0.05) is 35.7 Å². The first-order valence-corrected chi connectivity index (χ1v) is 10.7. The Labute approximate surface area is 162 Å². The Morgan fingerprint density at radius 2 is 2.00 bits per heavy atom. The molecule has 3 aromatic rings. The number of hydrogen-bond acceptors (Lipinski definition) is 5. The van der Waals surface area contributed by atoms with Crippen LogP contribution in [-0.2, 0) is 16.8 Å². The van der Waals surface area contributed by atoms with Crippen molar-refractivity contribution in [1.82, 2.24) is 14.5 Å². The van der Waals surface area contributed by atoms with E-state index in [1.54, 1.807) is 11.6 Å². The Balaban J connectivity index is 1.97. The predicted octanol–water partition coefficient (Wildman–Crippen LogP) is 3.60. The third kappa shape index (κ3) is 2.66. The van der Waals surface area contributed by atoms with E-state index in [1.807, 2.05) is 22.6 Å². The first-order chi connectivity index (χ1) is 12.3. The number of hydrogen-bond donors (Lipinski definition) is 1. The highest BCUT2D eigenvalue weighted by molar-refractivity contribution is 14.1. The van der Waals surface area contributed by atoms with Gasteiger partial charge in [-0.2, -0.15) is 4.36 Å². The monoisotopic (exact) mass is 489 g/mol. The lowest BCUT2D eigenvalue weighted by Crippen LogP contribution is -2.23. The fourth-order valence-corrected chi connectivity index (χ4v) is 5.21. The second kappa shape index (κ2) is 6.12. The van der Waals surface area contributed by atoms with Gasteiger partial charge in [-0.05, 0) is 35.1 Å². The first-order valence-electron chi connectivity index (χ1n) is 7.77. The van der Waals surface area contributed by atoms with Crippen LogP contribution in [0.1, 0.15) is 6.42 Å². The van der Waals surface area contributed by atoms with Crippen molar-refractivity contribution in [2.24, 2.45) is 11.4 Å². The van der Waals surface area contributed by atoms with Gasteiger partial charge >= 0.3 is 0 Å². The second-order valence-electron chi connectivity index (χ2n) is 6.09. The summed E-state index contributed by atoms with van der Waals surface area (Å²) >= 11 is 2.03. The summed E-state index contributed by atoms with van der Waals surface area (Å²) in [5.41, 5.74) is 6.75. The molecule has 1 aliphatic rings. The Hall–Kier alpha value is -1.82. The lowest BCUT2D eigenvalue weighted by atomic mass is 10.0. The zero-order chi connectivity index (χ0) is 18.6. The third-order valence-corrected chi connectivity index (χ3v) is 8.07. The van der Waals surface area contributed by atoms with Gasteiger partial charge in [-0.3, -0.25) is 0 Å². The standard InChI is InChI=1S/C16H14F2IN5OS/c1-24-14(19)12(13-15(20)21-7-22-16(13)24)8-5-10(18)11(6-9(8)17)23-26(25)3-2-4-26/h5-7H,2-4H2,1H3,(H2,20,21,22). The van der Waals surface area contributed by atoms with E-state index in [0.29, 0.717) is 31.8 Å². The molecule has 1 aliphatic heterocycles. The number of fused-ring (bicyclic) bond motifs is 1. The average Bonchev–Trinajstić information content (AvgIpc) is 2.82. The molecular formula is C16H14F2IN5OS. The molecule has 0 bridgehead atoms. The van der Waals surface area contributed by atoms with Crippen LogP contribution >= 0.6 is 22.6 Å². The maximum atomic E-state index is 14.8. The molecule has 4 rings (SSSR count). The summed E-state index contributed by atoms with van der Waals surface area (Å²) in [5.74, 6) is -0.356. The molecule has 0 unspecified atom stereocenters. The van der Waals surface area contributed by atoms with Crippen LogP contribution in [-0.4, -0.2) is 30.2 Å². The summed E-state index contributed by atoms with van der Waals surface area (Å²) < 4.78 is 48.0. The van der Waals surface area contributed by atoms with E-state index in [0.717, 1.165) is 18.6 Å². The maximum Gasteiger partial charge on any atom is 0.150 e. The molecule has 2 N–H and O–H groups in total. The van der Waals surface area contributed by atoms with Crippen molar-refractivity contribution in [3.05, 3.63) is 33.8 Å². The van der Waals surface area contributed by atoms with E-state index in [9.17, 15) is 13.0 Å². The number of nitrogen functional groups attached to an aromatic ring is 1. The van der Waals surface area contributed by atoms with Crippen LogP contribution in [0.15, 0.2) is 22.8 Å². The first kappa shape index (κ1) is 17.6. The Bertz CT molecular complexity index is 1170. The van der Waals surface area contributed by atoms with Gasteiger partial charge in [0.05, 0.1) is 18.8 Å². The summed E-state index contributed by atoms with van der Waals surface area (Å²) in [6.45, 7) is 0. The van der Waals surface area contributed by atoms with E-state index in [-0.39, 0.29) is 17.1 Å². The average molecular weight is 489 g/mol. The molecule has 2 aromatic heterocycles. The van der Waals surface area contributed by atoms with Crippen molar-refractivity contribution in [3.8, 4) is 11.1 Å². The number of nitrogens with two attached hydrogens (primary N) is 1. The normalized spacial score (nSPS) is 15.8. The van der Waals surface area contributed by atoms with E-state index >= 15 is 0 Å². The van der Waals surface area contributed by atoms with Crippen LogP contribution in [0.4, 0.5) is 20.3 Å². The molecule has 0 aliphatic carbocycles. The van der Waals surface area contributed by atoms with Gasteiger partial charge in [0.1, 0.15) is 35.1 Å². The largest absolute Gasteiger partial charge is 0.383 e. The van der Waals surface area contributed by atoms with E-state index in [2.05, 4.69) is 14.3 Å². The van der Waals surface area contributed by atoms with Crippen LogP contribution in [0, 0.1) is 15.3 Å². The highest BCUT2D eigenvalue weighted by Crippen LogP contribution is 2.40. The fourth-order valence-electron chi connectivity index (χ4n) is 2.95. The summed E-state index contributed by atoms with van der Waals surface area (Å²) in [7, 11) is -0.668. The topological polar surface area (TPSA) is 86.2 Å². The molecule has 0 amide bonds. The summed E-state index contributed by atoms with van der Waals surface area (Å²) in [5, 5.41) is 0.465. The summed E-state index contributed by atoms with van der Waals surface area (Å²) in [4.78, 5) is 8.14. The fraction of sp³-hybridized carbons (Fsp3) is 0.250. The number of anilines is 1. The molecular weight excluding hydrogens is 475 g/mol. The molecule has 0 spiro atoms. The lowest BCUT2D eigenvalue weighted by molar-refractivity contribution is 0.604. The highest BCUT2D eigenvalue weighted by Gasteiger charge is 2.24. The number of halogens is 3. The predicted molar refractivity (Wildman–Crippen MR) is 106 cm³/mol. The minimum absolute atomic E-state index is 0.0431. The number of aryl methyl sites for hydroxylation is 1. The number of rotatable bonds is 2. The van der Waals surface area contributed by atoms with Crippen LogP contribution < -0.4 is 5.73 Å². The van der Waals surface area contributed by atoms with Gasteiger partial charge in [-0.25, -0.2) is 23.0 Å². The lowest BCUT2D eigenvalue weighted by Gasteiger charge is -2.18. The van der Waals surface area contributed by atoms with E-state index in [4.69, 9.17) is 5.73 Å². The van der Waals surface area contributed by atoms with Gasteiger partial charge in [0.25, 0.3) is 0 Å². The van der Waals surface area contributed by atoms with Crippen molar-refractivity contribution in [3.63, 3.8) is 0 Å². The molecule has 3 heterocycles. The van der Waals surface area contributed by atoms with Gasteiger partial charge in [-0.1, -0.05) is 0 Å². The van der Waals surface area contributed by atoms with Crippen LogP contribution in [0.3, 0.4) is 0 Å². The third-order valence-electron chi connectivity index (χ3n) is 4.42. The second-order valence-corrected chi connectivity index (χ2v) is 9.66. The molecule has 0 radical (unpaired) electrons. The Kier molecular flexibility index (Phi) is 4.14. The minimum Gasteiger partial charge on any atom is -0.383 e. The van der Waals surface area contributed by atoms with Crippen LogP contribution in [0.25, 0.3) is 22.2 Å². The molecule has 136 valence electrons. The maximum absolute atomic E-state index is 14.8. The smallest absolute Gasteiger partial charge is 0.150 e. The molecule has 6 nitrogen and oxygen atoms in total. The Morgan fingerprint density at radius 1 is 1.27 bits per heavy atom. The molecule has 26 heavy (non-hydrogen) atoms. The molecule has 1 fully saturated rings. The van der Waals surface area contributed by atoms with Crippen molar-refractivity contribution in [1.29, 1.82) is 0 Å². The van der Waals surface area contributed by atoms with Crippen molar-refractivity contribution in [2.75, 3.05) is 17.2 Å². The van der Waals surface area contributed by atoms with Gasteiger partial charge in [-0.15, -0.1) is 0 Å². The Morgan fingerprint density at radius 3 is 2.65 bits per heavy atom. The van der Waals surface area contributed by atoms with Gasteiger partial charge in [0.15, 0.2) is 0 Å². The SMILES string of the molecule is Cn1c(I)c(-c2cc(F)c(N=S3(=O)CCC3)cc2F)c2c(N)ncnc21. The number of benzene rings is 1. The zero-order valence-corrected chi connectivity index (χ0v) is 16.6. The highest BCUT2D eigenvalue weighted by atomic mass is 127. The molecule has 10 heteroatoms. The van der Waals surface area contributed by atoms with Crippen molar-refractivity contribution < 1.29 is 13.0 Å². The molecule has 0 saturated carbocycles. The zero-order valence-electron chi connectivity index (χ0n) is 13.7. The van der Waals surface area contributed by atoms with Crippen molar-refractivity contribution >= 4 is 54.9 Å². The summed E-state index contributed by atoms with van der Waals surface area (Å²) in [6, 6.07) is 2.06. The van der Waals surface area contributed by atoms with Gasteiger partial charge in [0.2, 0.25) is 0 Å². The quantitative estimate of drug-likeness (QED) is 0.558. The van der Waals surface area contributed by atoms with Crippen LogP contribution in [0.5, 0.6) is 0 Å². The minimum atomic E-state index is -2.43. The van der Waals surface area contributed by atoms with Crippen molar-refractivity contribution in [2.45, 2.75) is 6.42 Å². The molecule has 1 aromatic carbocycles. The number of aromatic nitrogens is 3. The molecule has 0 atom stereocenters. The van der Waals surface area contributed by atoms with E-state index < -0.39 is 21.4 Å². The van der Waals surface area contributed by atoms with E-state index in [1.165, 1.54) is 6.33 Å². The van der Waals surface area contributed by atoms with Gasteiger partial charge < -0.3 is 10.3 Å². The molecule has 1 saturated heterocycles.